The van der Waals surface area contributed by atoms with Crippen LogP contribution < -0.4 is 5.32 Å². The van der Waals surface area contributed by atoms with Gasteiger partial charge in [-0.3, -0.25) is 9.78 Å². The van der Waals surface area contributed by atoms with Crippen molar-refractivity contribution in [2.24, 2.45) is 0 Å². The first kappa shape index (κ1) is 18.1. The second-order valence-corrected chi connectivity index (χ2v) is 7.30. The number of para-hydroxylation sites is 2. The topological polar surface area (TPSA) is 80.7 Å². The molecule has 0 radical (unpaired) electrons. The van der Waals surface area contributed by atoms with Crippen molar-refractivity contribution >= 4 is 34.4 Å². The minimum absolute atomic E-state index is 0.279. The monoisotopic (exact) mass is 387 g/mol. The van der Waals surface area contributed by atoms with Crippen LogP contribution >= 0.6 is 11.8 Å². The van der Waals surface area contributed by atoms with Gasteiger partial charge in [0.05, 0.1) is 17.2 Å². The zero-order chi connectivity index (χ0) is 19.5. The number of carbonyl (C=O) groups is 1. The minimum atomic E-state index is -0.295. The lowest BCUT2D eigenvalue weighted by Crippen LogP contribution is -2.14. The molecule has 0 aliphatic carbocycles. The molecule has 0 fully saturated rings. The van der Waals surface area contributed by atoms with Gasteiger partial charge in [0, 0.05) is 22.0 Å². The van der Waals surface area contributed by atoms with Crippen molar-refractivity contribution in [3.8, 4) is 0 Å². The fourth-order valence-electron chi connectivity index (χ4n) is 2.71. The Morgan fingerprint density at radius 2 is 1.57 bits per heavy atom. The van der Waals surface area contributed by atoms with Gasteiger partial charge in [-0.1, -0.05) is 12.1 Å². The molecule has 2 heterocycles. The molecule has 0 atom stereocenters. The molecule has 1 N–H and O–H groups in total. The van der Waals surface area contributed by atoms with E-state index in [4.69, 9.17) is 0 Å². The van der Waals surface area contributed by atoms with E-state index in [1.54, 1.807) is 0 Å². The number of fused-ring (bicyclic) bond motifs is 1. The summed E-state index contributed by atoms with van der Waals surface area (Å²) in [5.74, 6) is -0.295. The van der Waals surface area contributed by atoms with E-state index < -0.39 is 0 Å². The maximum atomic E-state index is 12.5. The van der Waals surface area contributed by atoms with Crippen LogP contribution in [0.15, 0.2) is 70.8 Å². The molecule has 2 aromatic carbocycles. The summed E-state index contributed by atoms with van der Waals surface area (Å²) in [6, 6.07) is 16.9. The molecule has 2 aromatic heterocycles. The van der Waals surface area contributed by atoms with Crippen molar-refractivity contribution < 1.29 is 4.79 Å². The molecule has 0 aliphatic heterocycles. The predicted octanol–water partition coefficient (Wildman–Crippen LogP) is 4.44. The van der Waals surface area contributed by atoms with E-state index >= 15 is 0 Å². The van der Waals surface area contributed by atoms with Crippen LogP contribution in [0.4, 0.5) is 5.69 Å². The molecular formula is C21H17N5OS. The van der Waals surface area contributed by atoms with Crippen LogP contribution in [0, 0.1) is 13.8 Å². The van der Waals surface area contributed by atoms with Crippen molar-refractivity contribution in [2.45, 2.75) is 23.9 Å². The van der Waals surface area contributed by atoms with Crippen LogP contribution in [0.3, 0.4) is 0 Å². The third-order valence-corrected chi connectivity index (χ3v) is 4.84. The highest BCUT2D eigenvalue weighted by molar-refractivity contribution is 7.99. The lowest BCUT2D eigenvalue weighted by Gasteiger charge is -2.07. The molecular weight excluding hydrogens is 370 g/mol. The average Bonchev–Trinajstić information content (AvgIpc) is 2.68. The second-order valence-electron chi connectivity index (χ2n) is 6.26. The molecule has 6 nitrogen and oxygen atoms in total. The Balaban J connectivity index is 1.46. The number of carbonyl (C=O) groups excluding carboxylic acids is 1. The molecule has 28 heavy (non-hydrogen) atoms. The van der Waals surface area contributed by atoms with Crippen LogP contribution in [0.5, 0.6) is 0 Å². The first-order valence-corrected chi connectivity index (χ1v) is 9.52. The number of hydrogen-bond acceptors (Lipinski definition) is 6. The standard InChI is InChI=1S/C21H17N5OS/c1-13-11-14(2)24-21(23-13)28-16-9-7-15(8-10-16)25-20(27)19-12-22-17-5-3-4-6-18(17)26-19/h3-12H,1-2H3,(H,25,27). The summed E-state index contributed by atoms with van der Waals surface area (Å²) in [6.07, 6.45) is 1.49. The summed E-state index contributed by atoms with van der Waals surface area (Å²) in [5, 5.41) is 3.56. The summed E-state index contributed by atoms with van der Waals surface area (Å²) in [5.41, 5.74) is 4.29. The van der Waals surface area contributed by atoms with Gasteiger partial charge < -0.3 is 5.32 Å². The van der Waals surface area contributed by atoms with Crippen LogP contribution in [-0.4, -0.2) is 25.8 Å². The molecule has 0 bridgehead atoms. The quantitative estimate of drug-likeness (QED) is 0.522. The summed E-state index contributed by atoms with van der Waals surface area (Å²) in [7, 11) is 0. The number of hydrogen-bond donors (Lipinski definition) is 1. The summed E-state index contributed by atoms with van der Waals surface area (Å²) in [6.45, 7) is 3.90. The van der Waals surface area contributed by atoms with Crippen molar-refractivity contribution in [3.63, 3.8) is 0 Å². The number of rotatable bonds is 4. The van der Waals surface area contributed by atoms with Crippen LogP contribution in [0.25, 0.3) is 11.0 Å². The van der Waals surface area contributed by atoms with Crippen LogP contribution in [-0.2, 0) is 0 Å². The smallest absolute Gasteiger partial charge is 0.275 e. The Hall–Kier alpha value is -3.32. The Kier molecular flexibility index (Phi) is 4.99. The number of aromatic nitrogens is 4. The second kappa shape index (κ2) is 7.74. The molecule has 0 saturated heterocycles. The van der Waals surface area contributed by atoms with Gasteiger partial charge in [-0.15, -0.1) is 0 Å². The number of benzene rings is 2. The van der Waals surface area contributed by atoms with Gasteiger partial charge in [0.15, 0.2) is 5.16 Å². The van der Waals surface area contributed by atoms with Gasteiger partial charge >= 0.3 is 0 Å². The number of amides is 1. The number of nitrogens with zero attached hydrogens (tertiary/aromatic N) is 4. The van der Waals surface area contributed by atoms with Crippen molar-refractivity contribution in [1.29, 1.82) is 0 Å². The van der Waals surface area contributed by atoms with E-state index in [1.807, 2.05) is 68.4 Å². The zero-order valence-electron chi connectivity index (χ0n) is 15.4. The first-order chi connectivity index (χ1) is 13.6. The van der Waals surface area contributed by atoms with Crippen LogP contribution in [0.1, 0.15) is 21.9 Å². The third kappa shape index (κ3) is 4.15. The highest BCUT2D eigenvalue weighted by Crippen LogP contribution is 2.26. The summed E-state index contributed by atoms with van der Waals surface area (Å²) < 4.78 is 0. The summed E-state index contributed by atoms with van der Waals surface area (Å²) >= 11 is 1.48. The van der Waals surface area contributed by atoms with Crippen molar-refractivity contribution in [1.82, 2.24) is 19.9 Å². The Bertz CT molecular complexity index is 1140. The highest BCUT2D eigenvalue weighted by Gasteiger charge is 2.10. The Labute approximate surface area is 166 Å². The number of nitrogens with one attached hydrogen (secondary N) is 1. The maximum Gasteiger partial charge on any atom is 0.275 e. The SMILES string of the molecule is Cc1cc(C)nc(Sc2ccc(NC(=O)c3cnc4ccccc4n3)cc2)n1. The number of aryl methyl sites for hydroxylation is 2. The van der Waals surface area contributed by atoms with E-state index in [0.717, 1.165) is 21.8 Å². The van der Waals surface area contributed by atoms with E-state index in [0.29, 0.717) is 16.4 Å². The van der Waals surface area contributed by atoms with Gasteiger partial charge in [0.25, 0.3) is 5.91 Å². The third-order valence-electron chi connectivity index (χ3n) is 3.96. The van der Waals surface area contributed by atoms with E-state index in [-0.39, 0.29) is 11.6 Å². The fraction of sp³-hybridized carbons (Fsp3) is 0.0952. The normalized spacial score (nSPS) is 10.8. The Morgan fingerprint density at radius 3 is 2.29 bits per heavy atom. The largest absolute Gasteiger partial charge is 0.321 e. The van der Waals surface area contributed by atoms with Crippen molar-refractivity contribution in [2.75, 3.05) is 5.32 Å². The van der Waals surface area contributed by atoms with Gasteiger partial charge in [0.2, 0.25) is 0 Å². The molecule has 1 amide bonds. The highest BCUT2D eigenvalue weighted by atomic mass is 32.2. The first-order valence-electron chi connectivity index (χ1n) is 8.70. The van der Waals surface area contributed by atoms with Gasteiger partial charge in [-0.2, -0.15) is 0 Å². The molecule has 138 valence electrons. The van der Waals surface area contributed by atoms with Gasteiger partial charge in [0.1, 0.15) is 5.69 Å². The Morgan fingerprint density at radius 1 is 0.893 bits per heavy atom. The lowest BCUT2D eigenvalue weighted by atomic mass is 10.3. The lowest BCUT2D eigenvalue weighted by molar-refractivity contribution is 0.102. The van der Waals surface area contributed by atoms with Crippen molar-refractivity contribution in [3.05, 3.63) is 77.9 Å². The molecule has 4 rings (SSSR count). The molecule has 0 unspecified atom stereocenters. The number of anilines is 1. The molecule has 0 saturated carbocycles. The molecule has 4 aromatic rings. The zero-order valence-corrected chi connectivity index (χ0v) is 16.2. The maximum absolute atomic E-state index is 12.5. The average molecular weight is 387 g/mol. The fourth-order valence-corrected chi connectivity index (χ4v) is 3.57. The van der Waals surface area contributed by atoms with E-state index in [1.165, 1.54) is 18.0 Å². The molecule has 0 spiro atoms. The van der Waals surface area contributed by atoms with E-state index in [2.05, 4.69) is 25.3 Å². The molecule has 0 aliphatic rings. The predicted molar refractivity (Wildman–Crippen MR) is 110 cm³/mol. The van der Waals surface area contributed by atoms with Crippen LogP contribution in [0.2, 0.25) is 0 Å². The minimum Gasteiger partial charge on any atom is -0.321 e. The van der Waals surface area contributed by atoms with Gasteiger partial charge in [-0.25, -0.2) is 15.0 Å². The molecule has 7 heteroatoms. The van der Waals surface area contributed by atoms with E-state index in [9.17, 15) is 4.79 Å². The van der Waals surface area contributed by atoms with Gasteiger partial charge in [-0.05, 0) is 68.1 Å². The summed E-state index contributed by atoms with van der Waals surface area (Å²) in [4.78, 5) is 31.0.